The fourth-order valence-corrected chi connectivity index (χ4v) is 1.53. The van der Waals surface area contributed by atoms with Crippen LogP contribution in [0.25, 0.3) is 0 Å². The van der Waals surface area contributed by atoms with Gasteiger partial charge in [0.1, 0.15) is 5.69 Å². The van der Waals surface area contributed by atoms with Crippen LogP contribution in [0.1, 0.15) is 21.7 Å². The molecule has 0 aliphatic rings. The molecule has 0 aliphatic carbocycles. The Morgan fingerprint density at radius 1 is 1.44 bits per heavy atom. The van der Waals surface area contributed by atoms with Crippen molar-refractivity contribution < 1.29 is 23.1 Å². The number of hydrogen-bond donors (Lipinski definition) is 1. The van der Waals surface area contributed by atoms with Crippen LogP contribution in [0.4, 0.5) is 13.2 Å². The van der Waals surface area contributed by atoms with E-state index in [4.69, 9.17) is 5.11 Å². The molecule has 88 valence electrons. The maximum atomic E-state index is 12.5. The van der Waals surface area contributed by atoms with E-state index in [1.54, 1.807) is 0 Å². The van der Waals surface area contributed by atoms with Crippen LogP contribution >= 0.6 is 15.9 Å². The predicted octanol–water partition coefficient (Wildman–Crippen LogP) is 2.74. The van der Waals surface area contributed by atoms with Crippen molar-refractivity contribution in [1.29, 1.82) is 0 Å². The van der Waals surface area contributed by atoms with Gasteiger partial charge in [-0.05, 0) is 18.6 Å². The van der Waals surface area contributed by atoms with Crippen LogP contribution in [0.2, 0.25) is 0 Å². The summed E-state index contributed by atoms with van der Waals surface area (Å²) in [6.07, 6.45) is -4.49. The standard InChI is InChI=1S/C9H7BrF3NO2/c10-4-3-6-5(9(11,12)13)1-2-7(14-6)8(15)16/h1-2H,3-4H2,(H,15,16). The molecule has 1 aromatic heterocycles. The normalized spacial score (nSPS) is 11.5. The van der Waals surface area contributed by atoms with Gasteiger partial charge in [0.05, 0.1) is 11.3 Å². The molecule has 0 saturated carbocycles. The van der Waals surface area contributed by atoms with E-state index in [0.29, 0.717) is 0 Å². The van der Waals surface area contributed by atoms with Crippen molar-refractivity contribution in [3.8, 4) is 0 Å². The van der Waals surface area contributed by atoms with Crippen LogP contribution < -0.4 is 0 Å². The number of rotatable bonds is 3. The third kappa shape index (κ3) is 2.94. The first kappa shape index (κ1) is 13.0. The molecular formula is C9H7BrF3NO2. The number of carboxylic acids is 1. The monoisotopic (exact) mass is 297 g/mol. The minimum absolute atomic E-state index is 0.0238. The Morgan fingerprint density at radius 3 is 2.50 bits per heavy atom. The largest absolute Gasteiger partial charge is 0.477 e. The Morgan fingerprint density at radius 2 is 2.06 bits per heavy atom. The third-order valence-corrected chi connectivity index (χ3v) is 2.23. The molecule has 1 N–H and O–H groups in total. The lowest BCUT2D eigenvalue weighted by Gasteiger charge is -2.11. The molecule has 0 aliphatic heterocycles. The third-order valence-electron chi connectivity index (χ3n) is 1.83. The molecule has 0 bridgehead atoms. The molecular weight excluding hydrogens is 291 g/mol. The smallest absolute Gasteiger partial charge is 0.418 e. The molecule has 1 heterocycles. The SMILES string of the molecule is O=C(O)c1ccc(C(F)(F)F)c(CCBr)n1. The fourth-order valence-electron chi connectivity index (χ4n) is 1.16. The zero-order chi connectivity index (χ0) is 12.3. The van der Waals surface area contributed by atoms with Gasteiger partial charge in [-0.1, -0.05) is 15.9 Å². The van der Waals surface area contributed by atoms with E-state index in [1.165, 1.54) is 0 Å². The summed E-state index contributed by atoms with van der Waals surface area (Å²) in [6, 6.07) is 1.59. The van der Waals surface area contributed by atoms with Gasteiger partial charge in [0.25, 0.3) is 0 Å². The summed E-state index contributed by atoms with van der Waals surface area (Å²) in [5.41, 5.74) is -1.54. The highest BCUT2D eigenvalue weighted by molar-refractivity contribution is 9.09. The predicted molar refractivity (Wildman–Crippen MR) is 53.7 cm³/mol. The number of pyridine rings is 1. The molecule has 0 spiro atoms. The summed E-state index contributed by atoms with van der Waals surface area (Å²) in [5.74, 6) is -1.34. The first-order chi connectivity index (χ1) is 7.36. The highest BCUT2D eigenvalue weighted by Crippen LogP contribution is 2.31. The Kier molecular flexibility index (Phi) is 3.90. The Bertz CT molecular complexity index is 406. The van der Waals surface area contributed by atoms with E-state index in [0.717, 1.165) is 12.1 Å². The van der Waals surface area contributed by atoms with Crippen molar-refractivity contribution >= 4 is 21.9 Å². The summed E-state index contributed by atoms with van der Waals surface area (Å²) in [5, 5.41) is 8.90. The fraction of sp³-hybridized carbons (Fsp3) is 0.333. The summed E-state index contributed by atoms with van der Waals surface area (Å²) >= 11 is 2.99. The number of alkyl halides is 4. The van der Waals surface area contributed by atoms with Crippen LogP contribution in [0.5, 0.6) is 0 Å². The molecule has 0 fully saturated rings. The molecule has 3 nitrogen and oxygen atoms in total. The van der Waals surface area contributed by atoms with Crippen molar-refractivity contribution in [1.82, 2.24) is 4.98 Å². The Hall–Kier alpha value is -1.11. The number of carboxylic acid groups (broad SMARTS) is 1. The van der Waals surface area contributed by atoms with Crippen LogP contribution in [0.3, 0.4) is 0 Å². The average Bonchev–Trinajstić information content (AvgIpc) is 2.16. The number of nitrogens with zero attached hydrogens (tertiary/aromatic N) is 1. The topological polar surface area (TPSA) is 50.2 Å². The lowest BCUT2D eigenvalue weighted by Crippen LogP contribution is -2.14. The van der Waals surface area contributed by atoms with E-state index < -0.39 is 17.7 Å². The zero-order valence-corrected chi connectivity index (χ0v) is 9.47. The van der Waals surface area contributed by atoms with Gasteiger partial charge < -0.3 is 5.11 Å². The molecule has 16 heavy (non-hydrogen) atoms. The summed E-state index contributed by atoms with van der Waals surface area (Å²) < 4.78 is 37.5. The van der Waals surface area contributed by atoms with Crippen molar-refractivity contribution in [3.05, 3.63) is 29.1 Å². The average molecular weight is 298 g/mol. The van der Waals surface area contributed by atoms with Crippen LogP contribution in [-0.4, -0.2) is 21.4 Å². The lowest BCUT2D eigenvalue weighted by molar-refractivity contribution is -0.138. The number of halogens is 4. The van der Waals surface area contributed by atoms with E-state index >= 15 is 0 Å². The molecule has 0 amide bonds. The van der Waals surface area contributed by atoms with E-state index in [-0.39, 0.29) is 23.1 Å². The van der Waals surface area contributed by atoms with Gasteiger partial charge in [0.2, 0.25) is 0 Å². The zero-order valence-electron chi connectivity index (χ0n) is 7.88. The second-order valence-electron chi connectivity index (χ2n) is 2.93. The number of hydrogen-bond acceptors (Lipinski definition) is 2. The lowest BCUT2D eigenvalue weighted by atomic mass is 10.1. The number of carbonyl (C=O) groups is 1. The minimum atomic E-state index is -4.51. The molecule has 1 rings (SSSR count). The molecule has 1 aromatic rings. The second-order valence-corrected chi connectivity index (χ2v) is 3.73. The molecule has 0 saturated heterocycles. The van der Waals surface area contributed by atoms with Crippen LogP contribution in [0, 0.1) is 0 Å². The van der Waals surface area contributed by atoms with E-state index in [9.17, 15) is 18.0 Å². The van der Waals surface area contributed by atoms with Gasteiger partial charge in [-0.2, -0.15) is 13.2 Å². The van der Waals surface area contributed by atoms with Crippen LogP contribution in [0.15, 0.2) is 12.1 Å². The molecule has 0 unspecified atom stereocenters. The number of aryl methyl sites for hydroxylation is 1. The Labute approximate surface area is 97.4 Å². The highest BCUT2D eigenvalue weighted by Gasteiger charge is 2.34. The first-order valence-electron chi connectivity index (χ1n) is 4.22. The van der Waals surface area contributed by atoms with E-state index in [1.807, 2.05) is 0 Å². The van der Waals surface area contributed by atoms with Gasteiger partial charge in [0, 0.05) is 5.33 Å². The summed E-state index contributed by atoms with van der Waals surface area (Å²) in [7, 11) is 0. The van der Waals surface area contributed by atoms with Gasteiger partial charge in [0.15, 0.2) is 0 Å². The van der Waals surface area contributed by atoms with Gasteiger partial charge in [-0.25, -0.2) is 9.78 Å². The number of aromatic nitrogens is 1. The number of aromatic carboxylic acids is 1. The molecule has 7 heteroatoms. The molecule has 0 aromatic carbocycles. The summed E-state index contributed by atoms with van der Waals surface area (Å²) in [6.45, 7) is 0. The van der Waals surface area contributed by atoms with Gasteiger partial charge in [-0.3, -0.25) is 0 Å². The van der Waals surface area contributed by atoms with Gasteiger partial charge >= 0.3 is 12.1 Å². The van der Waals surface area contributed by atoms with Crippen LogP contribution in [-0.2, 0) is 12.6 Å². The maximum absolute atomic E-state index is 12.5. The second kappa shape index (κ2) is 4.82. The quantitative estimate of drug-likeness (QED) is 0.873. The highest BCUT2D eigenvalue weighted by atomic mass is 79.9. The molecule has 0 atom stereocenters. The first-order valence-corrected chi connectivity index (χ1v) is 5.34. The van der Waals surface area contributed by atoms with Crippen molar-refractivity contribution in [3.63, 3.8) is 0 Å². The van der Waals surface area contributed by atoms with Crippen molar-refractivity contribution in [2.45, 2.75) is 12.6 Å². The minimum Gasteiger partial charge on any atom is -0.477 e. The van der Waals surface area contributed by atoms with Crippen molar-refractivity contribution in [2.24, 2.45) is 0 Å². The van der Waals surface area contributed by atoms with Gasteiger partial charge in [-0.15, -0.1) is 0 Å². The van der Waals surface area contributed by atoms with Crippen molar-refractivity contribution in [2.75, 3.05) is 5.33 Å². The summed E-state index contributed by atoms with van der Waals surface area (Å²) in [4.78, 5) is 14.0. The van der Waals surface area contributed by atoms with E-state index in [2.05, 4.69) is 20.9 Å². The Balaban J connectivity index is 3.24. The maximum Gasteiger partial charge on any atom is 0.418 e. The molecule has 0 radical (unpaired) electrons.